The fourth-order valence-corrected chi connectivity index (χ4v) is 4.82. The van der Waals surface area contributed by atoms with Crippen molar-refractivity contribution in [2.75, 3.05) is 17.3 Å². The van der Waals surface area contributed by atoms with E-state index in [1.807, 2.05) is 24.3 Å². The molecule has 1 unspecified atom stereocenters. The Balaban J connectivity index is 2.09. The van der Waals surface area contributed by atoms with Crippen molar-refractivity contribution in [3.05, 3.63) is 48.0 Å². The third-order valence-corrected chi connectivity index (χ3v) is 6.21. The zero-order valence-electron chi connectivity index (χ0n) is 13.1. The molecule has 0 aliphatic carbocycles. The van der Waals surface area contributed by atoms with E-state index in [1.54, 1.807) is 0 Å². The average Bonchev–Trinajstić information content (AvgIpc) is 2.52. The summed E-state index contributed by atoms with van der Waals surface area (Å²) < 4.78 is 0. The van der Waals surface area contributed by atoms with Crippen molar-refractivity contribution in [2.24, 2.45) is 0 Å². The van der Waals surface area contributed by atoms with Gasteiger partial charge in [0.15, 0.2) is 5.75 Å². The molecule has 2 aromatic rings. The minimum absolute atomic E-state index is 0.262. The molecule has 0 N–H and O–H groups in total. The van der Waals surface area contributed by atoms with Gasteiger partial charge in [0, 0.05) is 5.56 Å². The minimum Gasteiger partial charge on any atom is -0.289 e. The molecule has 21 heavy (non-hydrogen) atoms. The van der Waals surface area contributed by atoms with Gasteiger partial charge in [0.05, 0.1) is 0 Å². The lowest BCUT2D eigenvalue weighted by Gasteiger charge is -2.08. The van der Waals surface area contributed by atoms with Crippen molar-refractivity contribution >= 4 is 27.5 Å². The lowest BCUT2D eigenvalue weighted by Crippen LogP contribution is -2.22. The summed E-state index contributed by atoms with van der Waals surface area (Å²) in [4.78, 5) is 12.5. The molecule has 0 aromatic heterocycles. The number of carbonyl (C=O) groups excluding carboxylic acids is 1. The highest BCUT2D eigenvalue weighted by atomic mass is 32.2. The van der Waals surface area contributed by atoms with Crippen LogP contribution in [0.25, 0.3) is 10.8 Å². The minimum atomic E-state index is 0.262. The van der Waals surface area contributed by atoms with Crippen LogP contribution in [0.5, 0.6) is 0 Å². The first-order valence-corrected chi connectivity index (χ1v) is 9.64. The van der Waals surface area contributed by atoms with Crippen molar-refractivity contribution in [1.82, 2.24) is 0 Å². The van der Waals surface area contributed by atoms with Crippen molar-refractivity contribution in [2.45, 2.75) is 33.1 Å². The van der Waals surface area contributed by atoms with Gasteiger partial charge < -0.3 is 0 Å². The third-order valence-electron chi connectivity index (χ3n) is 3.69. The van der Waals surface area contributed by atoms with Crippen LogP contribution in [0.1, 0.15) is 43.5 Å². The van der Waals surface area contributed by atoms with Gasteiger partial charge in [-0.05, 0) is 40.6 Å². The van der Waals surface area contributed by atoms with E-state index in [2.05, 4.69) is 32.0 Å². The summed E-state index contributed by atoms with van der Waals surface area (Å²) in [5.41, 5.74) is 0.874. The molecule has 2 aromatic carbocycles. The van der Waals surface area contributed by atoms with E-state index in [-0.39, 0.29) is 10.9 Å². The number of rotatable bonds is 8. The largest absolute Gasteiger partial charge is 0.289 e. The molecular formula is C19H25OS+. The predicted molar refractivity (Wildman–Crippen MR) is 95.4 cm³/mol. The van der Waals surface area contributed by atoms with Crippen molar-refractivity contribution < 1.29 is 4.79 Å². The molecule has 0 fully saturated rings. The van der Waals surface area contributed by atoms with Crippen LogP contribution in [0, 0.1) is 0 Å². The van der Waals surface area contributed by atoms with E-state index in [0.29, 0.717) is 5.78 Å². The monoisotopic (exact) mass is 301 g/mol. The van der Waals surface area contributed by atoms with E-state index in [0.717, 1.165) is 16.7 Å². The van der Waals surface area contributed by atoms with E-state index < -0.39 is 0 Å². The molecule has 112 valence electrons. The SMILES string of the molecule is CCCC[S+](CCC)CC(=O)c1ccc2ccccc2c1. The Morgan fingerprint density at radius 2 is 1.71 bits per heavy atom. The van der Waals surface area contributed by atoms with Gasteiger partial charge in [-0.25, -0.2) is 0 Å². The highest BCUT2D eigenvalue weighted by Gasteiger charge is 2.22. The number of benzene rings is 2. The van der Waals surface area contributed by atoms with Crippen LogP contribution >= 0.6 is 0 Å². The Kier molecular flexibility index (Phi) is 6.31. The highest BCUT2D eigenvalue weighted by Crippen LogP contribution is 2.17. The number of carbonyl (C=O) groups is 1. The molecule has 0 spiro atoms. The van der Waals surface area contributed by atoms with Crippen LogP contribution in [0.2, 0.25) is 0 Å². The van der Waals surface area contributed by atoms with Gasteiger partial charge in [-0.2, -0.15) is 0 Å². The maximum Gasteiger partial charge on any atom is 0.211 e. The Morgan fingerprint density at radius 1 is 0.952 bits per heavy atom. The van der Waals surface area contributed by atoms with Gasteiger partial charge in [-0.1, -0.05) is 56.7 Å². The number of unbranched alkanes of at least 4 members (excludes halogenated alkanes) is 1. The van der Waals surface area contributed by atoms with Crippen LogP contribution in [0.15, 0.2) is 42.5 Å². The Hall–Kier alpha value is -1.28. The zero-order chi connectivity index (χ0) is 15.1. The molecule has 0 amide bonds. The third kappa shape index (κ3) is 4.60. The number of ketones is 1. The van der Waals surface area contributed by atoms with Crippen molar-refractivity contribution in [1.29, 1.82) is 0 Å². The summed E-state index contributed by atoms with van der Waals surface area (Å²) >= 11 is 0. The van der Waals surface area contributed by atoms with Crippen LogP contribution in [0.3, 0.4) is 0 Å². The Labute approximate surface area is 131 Å². The summed E-state index contributed by atoms with van der Waals surface area (Å²) in [7, 11) is 0.262. The number of hydrogen-bond donors (Lipinski definition) is 0. The normalized spacial score (nSPS) is 12.5. The van der Waals surface area contributed by atoms with E-state index in [1.165, 1.54) is 36.2 Å². The van der Waals surface area contributed by atoms with Gasteiger partial charge in [-0.15, -0.1) is 0 Å². The fourth-order valence-electron chi connectivity index (χ4n) is 2.52. The predicted octanol–water partition coefficient (Wildman–Crippen LogP) is 4.85. The first-order valence-electron chi connectivity index (χ1n) is 7.90. The quantitative estimate of drug-likeness (QED) is 0.503. The maximum absolute atomic E-state index is 12.5. The molecule has 2 rings (SSSR count). The van der Waals surface area contributed by atoms with Crippen LogP contribution in [-0.2, 0) is 10.9 Å². The molecule has 0 aliphatic heterocycles. The maximum atomic E-state index is 12.5. The summed E-state index contributed by atoms with van der Waals surface area (Å²) in [6.45, 7) is 4.44. The second-order valence-corrected chi connectivity index (χ2v) is 7.83. The first kappa shape index (κ1) is 16.1. The summed E-state index contributed by atoms with van der Waals surface area (Å²) in [5, 5.41) is 2.36. The first-order chi connectivity index (χ1) is 10.2. The Bertz CT molecular complexity index is 591. The zero-order valence-corrected chi connectivity index (χ0v) is 13.9. The molecule has 0 saturated heterocycles. The smallest absolute Gasteiger partial charge is 0.211 e. The van der Waals surface area contributed by atoms with Gasteiger partial charge in [0.2, 0.25) is 5.78 Å². The number of Topliss-reactive ketones (excluding diaryl/α,β-unsaturated/α-hetero) is 1. The van der Waals surface area contributed by atoms with Crippen LogP contribution < -0.4 is 0 Å². The molecular weight excluding hydrogens is 276 g/mol. The standard InChI is InChI=1S/C19H25OS/c1-3-5-13-21(12-4-2)15-19(20)18-11-10-16-8-6-7-9-17(16)14-18/h6-11,14H,3-5,12-13,15H2,1-2H3/q+1. The second-order valence-electron chi connectivity index (χ2n) is 5.50. The summed E-state index contributed by atoms with van der Waals surface area (Å²) in [6, 6.07) is 14.3. The van der Waals surface area contributed by atoms with Gasteiger partial charge in [0.1, 0.15) is 11.5 Å². The Morgan fingerprint density at radius 3 is 2.43 bits per heavy atom. The topological polar surface area (TPSA) is 17.1 Å². The van der Waals surface area contributed by atoms with Crippen molar-refractivity contribution in [3.8, 4) is 0 Å². The number of fused-ring (bicyclic) bond motifs is 1. The fraction of sp³-hybridized carbons (Fsp3) is 0.421. The number of hydrogen-bond acceptors (Lipinski definition) is 1. The molecule has 0 bridgehead atoms. The van der Waals surface area contributed by atoms with E-state index in [4.69, 9.17) is 0 Å². The average molecular weight is 301 g/mol. The molecule has 0 radical (unpaired) electrons. The lowest BCUT2D eigenvalue weighted by atomic mass is 10.1. The van der Waals surface area contributed by atoms with Gasteiger partial charge >= 0.3 is 0 Å². The van der Waals surface area contributed by atoms with Gasteiger partial charge in [-0.3, -0.25) is 4.79 Å². The molecule has 2 heteroatoms. The van der Waals surface area contributed by atoms with Crippen LogP contribution in [-0.4, -0.2) is 23.0 Å². The lowest BCUT2D eigenvalue weighted by molar-refractivity contribution is 0.102. The molecule has 0 aliphatic rings. The second kappa shape index (κ2) is 8.23. The summed E-state index contributed by atoms with van der Waals surface area (Å²) in [6.07, 6.45) is 3.64. The van der Waals surface area contributed by atoms with Crippen LogP contribution in [0.4, 0.5) is 0 Å². The molecule has 0 saturated carbocycles. The molecule has 0 heterocycles. The van der Waals surface area contributed by atoms with Crippen molar-refractivity contribution in [3.63, 3.8) is 0 Å². The van der Waals surface area contributed by atoms with Gasteiger partial charge in [0.25, 0.3) is 0 Å². The van der Waals surface area contributed by atoms with E-state index >= 15 is 0 Å². The molecule has 1 nitrogen and oxygen atoms in total. The summed E-state index contributed by atoms with van der Waals surface area (Å²) in [5.74, 6) is 3.45. The molecule has 1 atom stereocenters. The highest BCUT2D eigenvalue weighted by molar-refractivity contribution is 7.97. The van der Waals surface area contributed by atoms with E-state index in [9.17, 15) is 4.79 Å².